The molecule has 0 aromatic heterocycles. The second-order valence-electron chi connectivity index (χ2n) is 4.15. The highest BCUT2D eigenvalue weighted by atomic mass is 35.5. The Morgan fingerprint density at radius 1 is 1.30 bits per heavy atom. The van der Waals surface area contributed by atoms with Crippen molar-refractivity contribution in [3.05, 3.63) is 68.7 Å². The predicted molar refractivity (Wildman–Crippen MR) is 80.5 cm³/mol. The van der Waals surface area contributed by atoms with Crippen LogP contribution in [0.1, 0.15) is 11.1 Å². The highest BCUT2D eigenvalue weighted by Crippen LogP contribution is 2.24. The van der Waals surface area contributed by atoms with E-state index in [2.05, 4.69) is 10.5 Å². The molecule has 0 spiro atoms. The number of nitrogens with zero attached hydrogens (tertiary/aromatic N) is 2. The summed E-state index contributed by atoms with van der Waals surface area (Å²) in [5, 5.41) is 14.9. The number of hydrogen-bond donors (Lipinski definition) is 1. The molecule has 0 aliphatic carbocycles. The molecule has 102 valence electrons. The van der Waals surface area contributed by atoms with Gasteiger partial charge in [-0.25, -0.2) is 0 Å². The fourth-order valence-electron chi connectivity index (χ4n) is 1.62. The molecule has 0 unspecified atom stereocenters. The Bertz CT molecular complexity index is 671. The fraction of sp³-hybridized carbons (Fsp3) is 0.0714. The van der Waals surface area contributed by atoms with Crippen LogP contribution in [0.25, 0.3) is 0 Å². The number of aryl methyl sites for hydroxylation is 1. The summed E-state index contributed by atoms with van der Waals surface area (Å²) in [5.74, 6) is 0. The Labute approximate surface area is 121 Å². The molecule has 0 amide bonds. The van der Waals surface area contributed by atoms with Crippen LogP contribution in [0.2, 0.25) is 5.02 Å². The van der Waals surface area contributed by atoms with Crippen molar-refractivity contribution in [1.29, 1.82) is 0 Å². The van der Waals surface area contributed by atoms with E-state index >= 15 is 0 Å². The number of anilines is 1. The van der Waals surface area contributed by atoms with Crippen LogP contribution in [0.5, 0.6) is 0 Å². The van der Waals surface area contributed by atoms with Gasteiger partial charge in [-0.1, -0.05) is 35.9 Å². The first-order valence-electron chi connectivity index (χ1n) is 5.86. The monoisotopic (exact) mass is 289 g/mol. The molecule has 1 N–H and O–H groups in total. The number of benzene rings is 2. The number of hydrazone groups is 1. The minimum absolute atomic E-state index is 0.110. The third-order valence-corrected chi connectivity index (χ3v) is 3.03. The average molecular weight is 290 g/mol. The normalized spacial score (nSPS) is 10.7. The standard InChI is InChI=1S/C14H12ClN3O2/c1-10-4-2-3-5-13(10)17-16-9-11-6-7-12(15)14(8-11)18(19)20/h2-9,17H,1H3/b16-9-. The average Bonchev–Trinajstić information content (AvgIpc) is 2.42. The SMILES string of the molecule is Cc1ccccc1N/N=C\c1ccc(Cl)c([N+](=O)[O-])c1. The maximum atomic E-state index is 10.8. The van der Waals surface area contributed by atoms with Crippen LogP contribution < -0.4 is 5.43 Å². The first-order chi connectivity index (χ1) is 9.58. The summed E-state index contributed by atoms with van der Waals surface area (Å²) in [6.45, 7) is 1.96. The summed E-state index contributed by atoms with van der Waals surface area (Å²) in [5.41, 5.74) is 5.30. The summed E-state index contributed by atoms with van der Waals surface area (Å²) in [7, 11) is 0. The van der Waals surface area contributed by atoms with Crippen molar-refractivity contribution in [2.75, 3.05) is 5.43 Å². The predicted octanol–water partition coefficient (Wildman–Crippen LogP) is 4.00. The van der Waals surface area contributed by atoms with E-state index in [-0.39, 0.29) is 10.7 Å². The number of rotatable bonds is 4. The number of hydrogen-bond acceptors (Lipinski definition) is 4. The van der Waals surface area contributed by atoms with Crippen molar-refractivity contribution in [2.45, 2.75) is 6.92 Å². The van der Waals surface area contributed by atoms with E-state index in [9.17, 15) is 10.1 Å². The molecule has 0 heterocycles. The number of halogens is 1. The van der Waals surface area contributed by atoms with Gasteiger partial charge >= 0.3 is 0 Å². The molecule has 2 aromatic carbocycles. The molecular weight excluding hydrogens is 278 g/mol. The van der Waals surface area contributed by atoms with E-state index in [1.165, 1.54) is 18.3 Å². The lowest BCUT2D eigenvalue weighted by Crippen LogP contribution is -1.94. The summed E-state index contributed by atoms with van der Waals surface area (Å²) in [6, 6.07) is 12.2. The van der Waals surface area contributed by atoms with Gasteiger partial charge in [0, 0.05) is 11.6 Å². The zero-order valence-electron chi connectivity index (χ0n) is 10.7. The molecule has 20 heavy (non-hydrogen) atoms. The molecule has 0 saturated carbocycles. The molecule has 0 aliphatic heterocycles. The molecule has 0 atom stereocenters. The van der Waals surface area contributed by atoms with Gasteiger partial charge in [-0.3, -0.25) is 15.5 Å². The minimum atomic E-state index is -0.519. The van der Waals surface area contributed by atoms with Gasteiger partial charge in [0.05, 0.1) is 16.8 Å². The molecular formula is C14H12ClN3O2. The zero-order valence-corrected chi connectivity index (χ0v) is 11.5. The number of nitro groups is 1. The van der Waals surface area contributed by atoms with Crippen LogP contribution in [0.4, 0.5) is 11.4 Å². The fourth-order valence-corrected chi connectivity index (χ4v) is 1.81. The molecule has 2 rings (SSSR count). The molecule has 0 saturated heterocycles. The Balaban J connectivity index is 2.14. The molecule has 0 fully saturated rings. The molecule has 0 radical (unpaired) electrons. The van der Waals surface area contributed by atoms with Crippen molar-refractivity contribution in [3.8, 4) is 0 Å². The first kappa shape index (κ1) is 14.0. The van der Waals surface area contributed by atoms with Crippen LogP contribution in [-0.4, -0.2) is 11.1 Å². The van der Waals surface area contributed by atoms with E-state index in [1.807, 2.05) is 31.2 Å². The van der Waals surface area contributed by atoms with Gasteiger partial charge in [0.2, 0.25) is 0 Å². The van der Waals surface area contributed by atoms with E-state index < -0.39 is 4.92 Å². The van der Waals surface area contributed by atoms with Gasteiger partial charge in [0.15, 0.2) is 0 Å². The van der Waals surface area contributed by atoms with Crippen LogP contribution in [-0.2, 0) is 0 Å². The second kappa shape index (κ2) is 6.16. The van der Waals surface area contributed by atoms with Crippen LogP contribution in [0.15, 0.2) is 47.6 Å². The highest BCUT2D eigenvalue weighted by Gasteiger charge is 2.11. The van der Waals surface area contributed by atoms with Crippen LogP contribution in [0.3, 0.4) is 0 Å². The van der Waals surface area contributed by atoms with E-state index in [4.69, 9.17) is 11.6 Å². The molecule has 0 aliphatic rings. The van der Waals surface area contributed by atoms with Gasteiger partial charge in [-0.15, -0.1) is 0 Å². The maximum Gasteiger partial charge on any atom is 0.288 e. The first-order valence-corrected chi connectivity index (χ1v) is 6.24. The van der Waals surface area contributed by atoms with Crippen molar-refractivity contribution < 1.29 is 4.92 Å². The van der Waals surface area contributed by atoms with Gasteiger partial charge in [0.1, 0.15) is 5.02 Å². The lowest BCUT2D eigenvalue weighted by atomic mass is 10.2. The minimum Gasteiger partial charge on any atom is -0.278 e. The van der Waals surface area contributed by atoms with Crippen molar-refractivity contribution in [2.24, 2.45) is 5.10 Å². The van der Waals surface area contributed by atoms with Gasteiger partial charge in [-0.2, -0.15) is 5.10 Å². The quantitative estimate of drug-likeness (QED) is 0.525. The van der Waals surface area contributed by atoms with E-state index in [0.29, 0.717) is 5.56 Å². The van der Waals surface area contributed by atoms with E-state index in [1.54, 1.807) is 6.07 Å². The van der Waals surface area contributed by atoms with Crippen molar-refractivity contribution in [1.82, 2.24) is 0 Å². The number of para-hydroxylation sites is 1. The molecule has 6 heteroatoms. The van der Waals surface area contributed by atoms with Crippen LogP contribution in [0, 0.1) is 17.0 Å². The van der Waals surface area contributed by atoms with Crippen molar-refractivity contribution >= 4 is 29.2 Å². The second-order valence-corrected chi connectivity index (χ2v) is 4.56. The van der Waals surface area contributed by atoms with Gasteiger partial charge in [-0.05, 0) is 24.6 Å². The maximum absolute atomic E-state index is 10.8. The molecule has 0 bridgehead atoms. The molecule has 2 aromatic rings. The Morgan fingerprint density at radius 3 is 2.75 bits per heavy atom. The van der Waals surface area contributed by atoms with Gasteiger partial charge in [0.25, 0.3) is 5.69 Å². The van der Waals surface area contributed by atoms with E-state index in [0.717, 1.165) is 11.3 Å². The summed E-state index contributed by atoms with van der Waals surface area (Å²) < 4.78 is 0. The molecule has 5 nitrogen and oxygen atoms in total. The van der Waals surface area contributed by atoms with Crippen LogP contribution >= 0.6 is 11.6 Å². The van der Waals surface area contributed by atoms with Crippen molar-refractivity contribution in [3.63, 3.8) is 0 Å². The van der Waals surface area contributed by atoms with Gasteiger partial charge < -0.3 is 0 Å². The number of nitrogens with one attached hydrogen (secondary N) is 1. The highest BCUT2D eigenvalue weighted by molar-refractivity contribution is 6.32. The zero-order chi connectivity index (χ0) is 14.5. The lowest BCUT2D eigenvalue weighted by molar-refractivity contribution is -0.384. The Morgan fingerprint density at radius 2 is 2.05 bits per heavy atom. The lowest BCUT2D eigenvalue weighted by Gasteiger charge is -2.03. The Kier molecular flexibility index (Phi) is 4.32. The summed E-state index contributed by atoms with van der Waals surface area (Å²) in [4.78, 5) is 10.3. The Hall–Kier alpha value is -2.40. The largest absolute Gasteiger partial charge is 0.288 e. The summed E-state index contributed by atoms with van der Waals surface area (Å²) >= 11 is 5.74. The summed E-state index contributed by atoms with van der Waals surface area (Å²) in [6.07, 6.45) is 1.51. The smallest absolute Gasteiger partial charge is 0.278 e. The third kappa shape index (κ3) is 3.33. The topological polar surface area (TPSA) is 67.5 Å². The number of nitro benzene ring substituents is 1. The third-order valence-electron chi connectivity index (χ3n) is 2.71.